The number of rotatable bonds is 5. The van der Waals surface area contributed by atoms with Crippen LogP contribution in [0.1, 0.15) is 40.0 Å². The molecule has 5 heteroatoms. The number of carbonyl (C=O) groups excluding carboxylic acids is 1. The molecule has 0 aliphatic carbocycles. The molecule has 1 rings (SSSR count). The molecule has 0 saturated carbocycles. The summed E-state index contributed by atoms with van der Waals surface area (Å²) in [7, 11) is 1.82. The molecule has 5 nitrogen and oxygen atoms in total. The Balaban J connectivity index is 2.31. The Morgan fingerprint density at radius 3 is 2.55 bits per heavy atom. The Morgan fingerprint density at radius 2 is 2.00 bits per heavy atom. The number of nitrogens with one attached hydrogen (secondary N) is 1. The fraction of sp³-hybridized carbons (Fsp3) is 0.867. The molecule has 1 fully saturated rings. The van der Waals surface area contributed by atoms with Crippen molar-refractivity contribution in [3.63, 3.8) is 0 Å². The van der Waals surface area contributed by atoms with Crippen LogP contribution >= 0.6 is 0 Å². The van der Waals surface area contributed by atoms with E-state index < -0.39 is 0 Å². The van der Waals surface area contributed by atoms with Crippen molar-refractivity contribution < 1.29 is 9.53 Å². The minimum Gasteiger partial charge on any atom is -0.466 e. The molecule has 0 aromatic heterocycles. The van der Waals surface area contributed by atoms with Gasteiger partial charge in [-0.05, 0) is 31.6 Å². The van der Waals surface area contributed by atoms with Gasteiger partial charge in [0.25, 0.3) is 0 Å². The fourth-order valence-corrected chi connectivity index (χ4v) is 2.83. The maximum atomic E-state index is 11.3. The number of carbonyl (C=O) groups is 1. The van der Waals surface area contributed by atoms with E-state index in [1.54, 1.807) is 0 Å². The van der Waals surface area contributed by atoms with Crippen molar-refractivity contribution in [2.75, 3.05) is 33.3 Å². The van der Waals surface area contributed by atoms with E-state index in [-0.39, 0.29) is 5.97 Å². The maximum Gasteiger partial charge on any atom is 0.305 e. The number of ether oxygens (including phenoxy) is 1. The molecule has 0 aromatic carbocycles. The number of guanidine groups is 1. The van der Waals surface area contributed by atoms with Gasteiger partial charge in [0.05, 0.1) is 6.61 Å². The average molecular weight is 283 g/mol. The number of aliphatic imine (C=N–C) groups is 1. The maximum absolute atomic E-state index is 11.3. The van der Waals surface area contributed by atoms with Crippen LogP contribution in [-0.4, -0.2) is 50.1 Å². The molecule has 1 heterocycles. The third-order valence-corrected chi connectivity index (χ3v) is 3.53. The Bertz CT molecular complexity index is 321. The highest BCUT2D eigenvalue weighted by atomic mass is 16.5. The lowest BCUT2D eigenvalue weighted by molar-refractivity contribution is -0.143. The van der Waals surface area contributed by atoms with Gasteiger partial charge in [-0.25, -0.2) is 0 Å². The van der Waals surface area contributed by atoms with Gasteiger partial charge in [-0.3, -0.25) is 9.79 Å². The lowest BCUT2D eigenvalue weighted by Crippen LogP contribution is -2.48. The molecule has 116 valence electrons. The molecule has 1 saturated heterocycles. The molecular formula is C15H29N3O2. The molecule has 1 aliphatic heterocycles. The largest absolute Gasteiger partial charge is 0.466 e. The standard InChI is InChI=1S/C15H29N3O2/c1-5-20-14(19)7-6-8-17-15(16-4)18-10-12(2)9-13(3)11-18/h12-13H,5-11H2,1-4H3,(H,16,17). The van der Waals surface area contributed by atoms with Crippen molar-refractivity contribution >= 4 is 11.9 Å². The molecule has 0 bridgehead atoms. The van der Waals surface area contributed by atoms with E-state index in [0.717, 1.165) is 32.0 Å². The molecule has 0 spiro atoms. The van der Waals surface area contributed by atoms with Crippen molar-refractivity contribution in [2.45, 2.75) is 40.0 Å². The predicted molar refractivity (Wildman–Crippen MR) is 81.7 cm³/mol. The molecular weight excluding hydrogens is 254 g/mol. The quantitative estimate of drug-likeness (QED) is 0.362. The van der Waals surface area contributed by atoms with Gasteiger partial charge >= 0.3 is 5.97 Å². The van der Waals surface area contributed by atoms with Crippen molar-refractivity contribution in [3.05, 3.63) is 0 Å². The zero-order valence-electron chi connectivity index (χ0n) is 13.3. The van der Waals surface area contributed by atoms with Crippen LogP contribution in [0.5, 0.6) is 0 Å². The van der Waals surface area contributed by atoms with Crippen LogP contribution in [0.15, 0.2) is 4.99 Å². The summed E-state index contributed by atoms with van der Waals surface area (Å²) in [6.45, 7) is 9.73. The van der Waals surface area contributed by atoms with Crippen LogP contribution in [0.4, 0.5) is 0 Å². The first-order valence-electron chi connectivity index (χ1n) is 7.68. The Hall–Kier alpha value is -1.26. The van der Waals surface area contributed by atoms with Gasteiger partial charge in [0.15, 0.2) is 5.96 Å². The molecule has 2 atom stereocenters. The lowest BCUT2D eigenvalue weighted by atomic mass is 9.92. The third-order valence-electron chi connectivity index (χ3n) is 3.53. The number of hydrogen-bond donors (Lipinski definition) is 1. The van der Waals surface area contributed by atoms with Crippen LogP contribution in [-0.2, 0) is 9.53 Å². The first-order valence-corrected chi connectivity index (χ1v) is 7.68. The minimum absolute atomic E-state index is 0.121. The number of hydrogen-bond acceptors (Lipinski definition) is 3. The van der Waals surface area contributed by atoms with E-state index in [9.17, 15) is 4.79 Å². The Kier molecular flexibility index (Phi) is 7.41. The topological polar surface area (TPSA) is 53.9 Å². The van der Waals surface area contributed by atoms with Crippen LogP contribution in [0.2, 0.25) is 0 Å². The second-order valence-electron chi connectivity index (χ2n) is 5.73. The summed E-state index contributed by atoms with van der Waals surface area (Å²) in [5.41, 5.74) is 0. The average Bonchev–Trinajstić information content (AvgIpc) is 2.38. The van der Waals surface area contributed by atoms with Gasteiger partial charge in [-0.2, -0.15) is 0 Å². The highest BCUT2D eigenvalue weighted by Gasteiger charge is 2.23. The molecule has 20 heavy (non-hydrogen) atoms. The first kappa shape index (κ1) is 16.8. The lowest BCUT2D eigenvalue weighted by Gasteiger charge is -2.37. The van der Waals surface area contributed by atoms with E-state index in [1.807, 2.05) is 14.0 Å². The monoisotopic (exact) mass is 283 g/mol. The fourth-order valence-electron chi connectivity index (χ4n) is 2.83. The molecule has 0 amide bonds. The van der Waals surface area contributed by atoms with Crippen LogP contribution in [0.25, 0.3) is 0 Å². The molecule has 2 unspecified atom stereocenters. The summed E-state index contributed by atoms with van der Waals surface area (Å²) in [6.07, 6.45) is 2.53. The van der Waals surface area contributed by atoms with Crippen molar-refractivity contribution in [2.24, 2.45) is 16.8 Å². The molecule has 0 aromatic rings. The van der Waals surface area contributed by atoms with Crippen LogP contribution < -0.4 is 5.32 Å². The summed E-state index contributed by atoms with van der Waals surface area (Å²) in [6, 6.07) is 0. The van der Waals surface area contributed by atoms with Gasteiger partial charge in [0.1, 0.15) is 0 Å². The van der Waals surface area contributed by atoms with Gasteiger partial charge < -0.3 is 15.0 Å². The molecule has 0 radical (unpaired) electrons. The summed E-state index contributed by atoms with van der Waals surface area (Å²) in [4.78, 5) is 17.9. The van der Waals surface area contributed by atoms with E-state index in [0.29, 0.717) is 24.9 Å². The molecule has 1 N–H and O–H groups in total. The summed E-state index contributed by atoms with van der Waals surface area (Å²) < 4.78 is 4.91. The Labute approximate surface area is 122 Å². The van der Waals surface area contributed by atoms with Gasteiger partial charge in [0, 0.05) is 33.1 Å². The predicted octanol–water partition coefficient (Wildman–Crippen LogP) is 1.88. The zero-order valence-corrected chi connectivity index (χ0v) is 13.3. The zero-order chi connectivity index (χ0) is 15.0. The van der Waals surface area contributed by atoms with E-state index in [1.165, 1.54) is 6.42 Å². The number of esters is 1. The Morgan fingerprint density at radius 1 is 1.35 bits per heavy atom. The highest BCUT2D eigenvalue weighted by Crippen LogP contribution is 2.20. The van der Waals surface area contributed by atoms with Crippen molar-refractivity contribution in [3.8, 4) is 0 Å². The second kappa shape index (κ2) is 8.82. The SMILES string of the molecule is CCOC(=O)CCCNC(=NC)N1CC(C)CC(C)C1. The summed E-state index contributed by atoms with van der Waals surface area (Å²) >= 11 is 0. The first-order chi connectivity index (χ1) is 9.56. The van der Waals surface area contributed by atoms with Crippen molar-refractivity contribution in [1.82, 2.24) is 10.2 Å². The number of likely N-dealkylation sites (tertiary alicyclic amines) is 1. The number of piperidine rings is 1. The van der Waals surface area contributed by atoms with Gasteiger partial charge in [0.2, 0.25) is 0 Å². The van der Waals surface area contributed by atoms with Crippen molar-refractivity contribution in [1.29, 1.82) is 0 Å². The molecule has 1 aliphatic rings. The normalized spacial score (nSPS) is 23.6. The van der Waals surface area contributed by atoms with E-state index in [2.05, 4.69) is 29.1 Å². The second-order valence-corrected chi connectivity index (χ2v) is 5.73. The van der Waals surface area contributed by atoms with Crippen LogP contribution in [0.3, 0.4) is 0 Å². The van der Waals surface area contributed by atoms with Gasteiger partial charge in [-0.1, -0.05) is 13.8 Å². The van der Waals surface area contributed by atoms with Crippen LogP contribution in [0, 0.1) is 11.8 Å². The van der Waals surface area contributed by atoms with E-state index in [4.69, 9.17) is 4.74 Å². The minimum atomic E-state index is -0.121. The smallest absolute Gasteiger partial charge is 0.305 e. The summed E-state index contributed by atoms with van der Waals surface area (Å²) in [5, 5.41) is 3.35. The number of nitrogens with zero attached hydrogens (tertiary/aromatic N) is 2. The summed E-state index contributed by atoms with van der Waals surface area (Å²) in [5.74, 6) is 2.24. The van der Waals surface area contributed by atoms with E-state index >= 15 is 0 Å². The van der Waals surface area contributed by atoms with Gasteiger partial charge in [-0.15, -0.1) is 0 Å². The third kappa shape index (κ3) is 5.80. The highest BCUT2D eigenvalue weighted by molar-refractivity contribution is 5.80.